The van der Waals surface area contributed by atoms with Crippen molar-refractivity contribution in [2.45, 2.75) is 6.04 Å². The molecule has 2 heterocycles. The lowest BCUT2D eigenvalue weighted by Crippen LogP contribution is -2.32. The maximum absolute atomic E-state index is 12.7. The van der Waals surface area contributed by atoms with Crippen molar-refractivity contribution in [1.82, 2.24) is 9.88 Å². The van der Waals surface area contributed by atoms with Crippen LogP contribution in [0.2, 0.25) is 0 Å². The van der Waals surface area contributed by atoms with Gasteiger partial charge in [0.1, 0.15) is 5.76 Å². The molecule has 1 atom stereocenters. The van der Waals surface area contributed by atoms with Crippen molar-refractivity contribution in [3.05, 3.63) is 75.6 Å². The van der Waals surface area contributed by atoms with Crippen LogP contribution in [0.4, 0.5) is 5.69 Å². The van der Waals surface area contributed by atoms with Crippen LogP contribution in [0, 0.1) is 10.1 Å². The van der Waals surface area contributed by atoms with E-state index in [4.69, 9.17) is 4.74 Å². The van der Waals surface area contributed by atoms with E-state index in [1.165, 1.54) is 42.5 Å². The van der Waals surface area contributed by atoms with Gasteiger partial charge in [0.05, 0.1) is 23.1 Å². The molecule has 1 amide bonds. The second-order valence-corrected chi connectivity index (χ2v) is 6.08. The van der Waals surface area contributed by atoms with Crippen LogP contribution in [0.25, 0.3) is 5.76 Å². The lowest BCUT2D eigenvalue weighted by atomic mass is 9.96. The molecule has 2 aromatic rings. The Morgan fingerprint density at radius 3 is 2.57 bits per heavy atom. The number of hydrogen-bond donors (Lipinski definition) is 1. The topological polar surface area (TPSA) is 123 Å². The van der Waals surface area contributed by atoms with E-state index in [1.807, 2.05) is 0 Å². The first-order chi connectivity index (χ1) is 13.5. The van der Waals surface area contributed by atoms with Crippen molar-refractivity contribution < 1.29 is 24.4 Å². The van der Waals surface area contributed by atoms with E-state index >= 15 is 0 Å². The van der Waals surface area contributed by atoms with Crippen LogP contribution in [0.3, 0.4) is 0 Å². The van der Waals surface area contributed by atoms with Gasteiger partial charge in [-0.3, -0.25) is 24.7 Å². The Labute approximate surface area is 160 Å². The monoisotopic (exact) mass is 383 g/mol. The molecule has 1 aromatic heterocycles. The van der Waals surface area contributed by atoms with Gasteiger partial charge in [-0.2, -0.15) is 0 Å². The summed E-state index contributed by atoms with van der Waals surface area (Å²) in [5.41, 5.74) is 0.509. The normalized spacial score (nSPS) is 18.5. The third kappa shape index (κ3) is 3.47. The average Bonchev–Trinajstić information content (AvgIpc) is 2.97. The van der Waals surface area contributed by atoms with Gasteiger partial charge in [-0.05, 0) is 23.8 Å². The average molecular weight is 383 g/mol. The van der Waals surface area contributed by atoms with Crippen molar-refractivity contribution in [2.24, 2.45) is 0 Å². The van der Waals surface area contributed by atoms with E-state index in [1.54, 1.807) is 18.3 Å². The first-order valence-corrected chi connectivity index (χ1v) is 8.37. The molecule has 1 aliphatic rings. The third-order valence-corrected chi connectivity index (χ3v) is 4.43. The molecule has 0 saturated carbocycles. The highest BCUT2D eigenvalue weighted by atomic mass is 16.6. The number of rotatable bonds is 6. The molecular weight excluding hydrogens is 366 g/mol. The number of likely N-dealkylation sites (tertiary alicyclic amines) is 1. The number of ether oxygens (including phenoxy) is 1. The van der Waals surface area contributed by atoms with Gasteiger partial charge >= 0.3 is 0 Å². The number of non-ortho nitro benzene ring substituents is 1. The summed E-state index contributed by atoms with van der Waals surface area (Å²) >= 11 is 0. The summed E-state index contributed by atoms with van der Waals surface area (Å²) < 4.78 is 5.02. The summed E-state index contributed by atoms with van der Waals surface area (Å²) in [5, 5.41) is 21.6. The molecule has 9 heteroatoms. The minimum Gasteiger partial charge on any atom is -0.507 e. The van der Waals surface area contributed by atoms with Crippen LogP contribution >= 0.6 is 0 Å². The van der Waals surface area contributed by atoms with E-state index in [-0.39, 0.29) is 30.0 Å². The van der Waals surface area contributed by atoms with Gasteiger partial charge < -0.3 is 14.7 Å². The van der Waals surface area contributed by atoms with Gasteiger partial charge in [0.2, 0.25) is 0 Å². The molecule has 1 unspecified atom stereocenters. The third-order valence-electron chi connectivity index (χ3n) is 4.43. The number of benzene rings is 1. The zero-order chi connectivity index (χ0) is 20.3. The van der Waals surface area contributed by atoms with E-state index in [0.29, 0.717) is 5.56 Å². The molecule has 1 N–H and O–H groups in total. The summed E-state index contributed by atoms with van der Waals surface area (Å²) in [6, 6.07) is 7.63. The van der Waals surface area contributed by atoms with Crippen LogP contribution in [-0.4, -0.2) is 51.9 Å². The number of hydrogen-bond acceptors (Lipinski definition) is 7. The van der Waals surface area contributed by atoms with Crippen molar-refractivity contribution >= 4 is 23.1 Å². The SMILES string of the molecule is COCCN1C(=O)C(=O)/C(=C(\O)c2ccc([N+](=O)[O-])cc2)C1c1cccnc1. The number of nitrogens with zero attached hydrogens (tertiary/aromatic N) is 3. The molecule has 1 saturated heterocycles. The molecule has 9 nitrogen and oxygen atoms in total. The van der Waals surface area contributed by atoms with E-state index in [0.717, 1.165) is 0 Å². The molecule has 1 aliphatic heterocycles. The Balaban J connectivity index is 2.11. The fourth-order valence-corrected chi connectivity index (χ4v) is 3.08. The van der Waals surface area contributed by atoms with Gasteiger partial charge in [-0.1, -0.05) is 6.07 Å². The summed E-state index contributed by atoms with van der Waals surface area (Å²) in [4.78, 5) is 40.8. The van der Waals surface area contributed by atoms with Crippen LogP contribution in [-0.2, 0) is 14.3 Å². The number of aliphatic hydroxyl groups is 1. The number of amides is 1. The molecule has 0 spiro atoms. The van der Waals surface area contributed by atoms with Gasteiger partial charge in [0.15, 0.2) is 0 Å². The zero-order valence-electron chi connectivity index (χ0n) is 14.9. The Morgan fingerprint density at radius 2 is 2.00 bits per heavy atom. The number of ketones is 1. The van der Waals surface area contributed by atoms with Crippen LogP contribution in [0.5, 0.6) is 0 Å². The fraction of sp³-hybridized carbons (Fsp3) is 0.211. The summed E-state index contributed by atoms with van der Waals surface area (Å²) in [6.45, 7) is 0.360. The maximum atomic E-state index is 12.7. The molecule has 1 aromatic carbocycles. The highest BCUT2D eigenvalue weighted by molar-refractivity contribution is 6.46. The second kappa shape index (κ2) is 7.97. The summed E-state index contributed by atoms with van der Waals surface area (Å²) in [7, 11) is 1.48. The summed E-state index contributed by atoms with van der Waals surface area (Å²) in [6.07, 6.45) is 3.07. The van der Waals surface area contributed by atoms with E-state index in [2.05, 4.69) is 4.98 Å². The van der Waals surface area contributed by atoms with Gasteiger partial charge in [-0.15, -0.1) is 0 Å². The van der Waals surface area contributed by atoms with Crippen molar-refractivity contribution in [3.8, 4) is 0 Å². The Morgan fingerprint density at radius 1 is 1.29 bits per heavy atom. The van der Waals surface area contributed by atoms with E-state index in [9.17, 15) is 24.8 Å². The maximum Gasteiger partial charge on any atom is 0.295 e. The minimum atomic E-state index is -0.834. The number of carbonyl (C=O) groups excluding carboxylic acids is 2. The number of carbonyl (C=O) groups is 2. The summed E-state index contributed by atoms with van der Waals surface area (Å²) in [5.74, 6) is -1.99. The van der Waals surface area contributed by atoms with Gasteiger partial charge in [0.25, 0.3) is 17.4 Å². The number of aromatic nitrogens is 1. The molecule has 0 bridgehead atoms. The smallest absolute Gasteiger partial charge is 0.295 e. The number of aliphatic hydroxyl groups excluding tert-OH is 1. The standard InChI is InChI=1S/C19H17N3O6/c1-28-10-9-21-16(13-3-2-8-20-11-13)15(18(24)19(21)25)17(23)12-4-6-14(7-5-12)22(26)27/h2-8,11,16,23H,9-10H2,1H3/b17-15-. The Bertz CT molecular complexity index is 940. The number of nitro groups is 1. The first-order valence-electron chi connectivity index (χ1n) is 8.37. The lowest BCUT2D eigenvalue weighted by molar-refractivity contribution is -0.384. The molecule has 3 rings (SSSR count). The Kier molecular flexibility index (Phi) is 5.46. The predicted molar refractivity (Wildman–Crippen MR) is 98.2 cm³/mol. The quantitative estimate of drug-likeness (QED) is 0.266. The molecular formula is C19H17N3O6. The van der Waals surface area contributed by atoms with Crippen molar-refractivity contribution in [1.29, 1.82) is 0 Å². The molecule has 0 aliphatic carbocycles. The molecule has 144 valence electrons. The molecule has 0 radical (unpaired) electrons. The Hall–Kier alpha value is -3.59. The predicted octanol–water partition coefficient (Wildman–Crippen LogP) is 2.06. The van der Waals surface area contributed by atoms with Crippen molar-refractivity contribution in [3.63, 3.8) is 0 Å². The first kappa shape index (κ1) is 19.2. The van der Waals surface area contributed by atoms with Crippen LogP contribution < -0.4 is 0 Å². The number of Topliss-reactive ketones (excluding diaryl/α,β-unsaturated/α-hetero) is 1. The zero-order valence-corrected chi connectivity index (χ0v) is 14.9. The van der Waals surface area contributed by atoms with Crippen LogP contribution in [0.1, 0.15) is 17.2 Å². The molecule has 1 fully saturated rings. The lowest BCUT2D eigenvalue weighted by Gasteiger charge is -2.24. The molecule has 28 heavy (non-hydrogen) atoms. The largest absolute Gasteiger partial charge is 0.507 e. The number of nitro benzene ring substituents is 1. The highest BCUT2D eigenvalue weighted by Gasteiger charge is 2.45. The second-order valence-electron chi connectivity index (χ2n) is 6.08. The highest BCUT2D eigenvalue weighted by Crippen LogP contribution is 2.39. The fourth-order valence-electron chi connectivity index (χ4n) is 3.08. The number of methoxy groups -OCH3 is 1. The van der Waals surface area contributed by atoms with Crippen LogP contribution in [0.15, 0.2) is 54.4 Å². The minimum absolute atomic E-state index is 0.0945. The number of pyridine rings is 1. The van der Waals surface area contributed by atoms with E-state index < -0.39 is 28.4 Å². The van der Waals surface area contributed by atoms with Crippen molar-refractivity contribution in [2.75, 3.05) is 20.3 Å². The van der Waals surface area contributed by atoms with Gasteiger partial charge in [-0.25, -0.2) is 0 Å². The van der Waals surface area contributed by atoms with Gasteiger partial charge in [0, 0.05) is 43.7 Å².